The second-order valence-corrected chi connectivity index (χ2v) is 6.29. The standard InChI is InChI=1S/C16H16Br2O/c17-11-14(7-12-3-1-5-15(18)9-12)8-13-4-2-6-16(19)10-13/h1-6,9-10,14,19H,7-8,11H2. The van der Waals surface area contributed by atoms with E-state index in [1.54, 1.807) is 6.07 Å². The van der Waals surface area contributed by atoms with Gasteiger partial charge in [0, 0.05) is 9.80 Å². The maximum Gasteiger partial charge on any atom is 0.115 e. The van der Waals surface area contributed by atoms with Crippen molar-refractivity contribution >= 4 is 31.9 Å². The van der Waals surface area contributed by atoms with Crippen LogP contribution in [0.15, 0.2) is 53.0 Å². The topological polar surface area (TPSA) is 20.2 Å². The molecule has 19 heavy (non-hydrogen) atoms. The molecule has 0 saturated heterocycles. The Kier molecular flexibility index (Phi) is 5.46. The Morgan fingerprint density at radius 2 is 1.58 bits per heavy atom. The van der Waals surface area contributed by atoms with E-state index in [1.807, 2.05) is 18.2 Å². The van der Waals surface area contributed by atoms with Crippen LogP contribution in [0.4, 0.5) is 0 Å². The van der Waals surface area contributed by atoms with E-state index in [-0.39, 0.29) is 0 Å². The molecule has 0 aliphatic carbocycles. The highest BCUT2D eigenvalue weighted by Crippen LogP contribution is 2.21. The summed E-state index contributed by atoms with van der Waals surface area (Å²) < 4.78 is 1.12. The summed E-state index contributed by atoms with van der Waals surface area (Å²) in [5.74, 6) is 0.865. The lowest BCUT2D eigenvalue weighted by Gasteiger charge is -2.14. The molecule has 2 aromatic rings. The molecule has 0 saturated carbocycles. The van der Waals surface area contributed by atoms with Gasteiger partial charge in [-0.15, -0.1) is 0 Å². The molecule has 0 radical (unpaired) electrons. The Labute approximate surface area is 130 Å². The van der Waals surface area contributed by atoms with Gasteiger partial charge in [-0.25, -0.2) is 0 Å². The Bertz CT molecular complexity index is 492. The second-order valence-electron chi connectivity index (χ2n) is 4.73. The Morgan fingerprint density at radius 1 is 0.947 bits per heavy atom. The van der Waals surface area contributed by atoms with Crippen molar-refractivity contribution in [2.24, 2.45) is 5.92 Å². The molecule has 0 bridgehead atoms. The van der Waals surface area contributed by atoms with Gasteiger partial charge < -0.3 is 5.11 Å². The Balaban J connectivity index is 2.04. The van der Waals surface area contributed by atoms with Gasteiger partial charge in [-0.3, -0.25) is 0 Å². The average molecular weight is 384 g/mol. The lowest BCUT2D eigenvalue weighted by Crippen LogP contribution is -2.09. The SMILES string of the molecule is Oc1cccc(CC(CBr)Cc2cccc(Br)c2)c1. The zero-order valence-electron chi connectivity index (χ0n) is 10.5. The Morgan fingerprint density at radius 3 is 2.16 bits per heavy atom. The van der Waals surface area contributed by atoms with E-state index in [0.29, 0.717) is 11.7 Å². The van der Waals surface area contributed by atoms with Crippen LogP contribution in [0.3, 0.4) is 0 Å². The number of phenolic OH excluding ortho intramolecular Hbond substituents is 1. The van der Waals surface area contributed by atoms with E-state index in [9.17, 15) is 5.11 Å². The fourth-order valence-electron chi connectivity index (χ4n) is 2.20. The fourth-order valence-corrected chi connectivity index (χ4v) is 3.10. The zero-order valence-corrected chi connectivity index (χ0v) is 13.7. The number of hydrogen-bond donors (Lipinski definition) is 1. The molecule has 1 unspecified atom stereocenters. The fraction of sp³-hybridized carbons (Fsp3) is 0.250. The van der Waals surface area contributed by atoms with Crippen molar-refractivity contribution in [1.29, 1.82) is 0 Å². The van der Waals surface area contributed by atoms with Crippen LogP contribution in [0.25, 0.3) is 0 Å². The summed E-state index contributed by atoms with van der Waals surface area (Å²) in [5, 5.41) is 10.5. The van der Waals surface area contributed by atoms with Crippen LogP contribution in [0.5, 0.6) is 5.75 Å². The van der Waals surface area contributed by atoms with E-state index >= 15 is 0 Å². The minimum Gasteiger partial charge on any atom is -0.508 e. The quantitative estimate of drug-likeness (QED) is 0.724. The van der Waals surface area contributed by atoms with Gasteiger partial charge in [-0.1, -0.05) is 56.1 Å². The summed E-state index contributed by atoms with van der Waals surface area (Å²) in [5.41, 5.74) is 2.51. The van der Waals surface area contributed by atoms with Crippen LogP contribution >= 0.6 is 31.9 Å². The lowest BCUT2D eigenvalue weighted by molar-refractivity contribution is 0.473. The third-order valence-electron chi connectivity index (χ3n) is 3.07. The summed E-state index contributed by atoms with van der Waals surface area (Å²) in [7, 11) is 0. The summed E-state index contributed by atoms with van der Waals surface area (Å²) in [4.78, 5) is 0. The van der Waals surface area contributed by atoms with Crippen LogP contribution in [0.2, 0.25) is 0 Å². The molecule has 3 heteroatoms. The first-order valence-corrected chi connectivity index (χ1v) is 8.17. The largest absolute Gasteiger partial charge is 0.508 e. The predicted molar refractivity (Wildman–Crippen MR) is 86.9 cm³/mol. The van der Waals surface area contributed by atoms with Crippen molar-refractivity contribution < 1.29 is 5.11 Å². The summed E-state index contributed by atoms with van der Waals surface area (Å²) in [6.45, 7) is 0. The first-order chi connectivity index (χ1) is 9.17. The van der Waals surface area contributed by atoms with E-state index in [4.69, 9.17) is 0 Å². The first kappa shape index (κ1) is 14.6. The maximum atomic E-state index is 9.51. The molecule has 1 N–H and O–H groups in total. The van der Waals surface area contributed by atoms with Gasteiger partial charge in [0.25, 0.3) is 0 Å². The third kappa shape index (κ3) is 4.66. The van der Waals surface area contributed by atoms with Crippen molar-refractivity contribution in [3.8, 4) is 5.75 Å². The number of hydrogen-bond acceptors (Lipinski definition) is 1. The van der Waals surface area contributed by atoms with Gasteiger partial charge in [0.1, 0.15) is 5.75 Å². The summed E-state index contributed by atoms with van der Waals surface area (Å²) in [6, 6.07) is 15.9. The molecule has 0 amide bonds. The molecule has 0 aromatic heterocycles. The smallest absolute Gasteiger partial charge is 0.115 e. The van der Waals surface area contributed by atoms with Gasteiger partial charge in [0.05, 0.1) is 0 Å². The van der Waals surface area contributed by atoms with Crippen molar-refractivity contribution in [1.82, 2.24) is 0 Å². The van der Waals surface area contributed by atoms with Crippen LogP contribution in [-0.4, -0.2) is 10.4 Å². The summed E-state index contributed by atoms with van der Waals surface area (Å²) >= 11 is 7.10. The maximum absolute atomic E-state index is 9.51. The van der Waals surface area contributed by atoms with Crippen molar-refractivity contribution in [3.63, 3.8) is 0 Å². The second kappa shape index (κ2) is 7.11. The van der Waals surface area contributed by atoms with Gasteiger partial charge in [0.2, 0.25) is 0 Å². The average Bonchev–Trinajstić information content (AvgIpc) is 2.38. The monoisotopic (exact) mass is 382 g/mol. The molecule has 1 nitrogen and oxygen atoms in total. The normalized spacial score (nSPS) is 12.3. The number of rotatable bonds is 5. The molecule has 1 atom stereocenters. The summed E-state index contributed by atoms with van der Waals surface area (Å²) in [6.07, 6.45) is 1.99. The molecule has 100 valence electrons. The minimum atomic E-state index is 0.341. The minimum absolute atomic E-state index is 0.341. The van der Waals surface area contributed by atoms with Crippen molar-refractivity contribution in [2.45, 2.75) is 12.8 Å². The van der Waals surface area contributed by atoms with E-state index < -0.39 is 0 Å². The van der Waals surface area contributed by atoms with Crippen LogP contribution in [0, 0.1) is 5.92 Å². The molecule has 0 heterocycles. The predicted octanol–water partition coefficient (Wildman–Crippen LogP) is 4.95. The van der Waals surface area contributed by atoms with Crippen molar-refractivity contribution in [2.75, 3.05) is 5.33 Å². The number of phenols is 1. The molecule has 0 aliphatic rings. The third-order valence-corrected chi connectivity index (χ3v) is 4.48. The lowest BCUT2D eigenvalue weighted by atomic mass is 9.94. The molecule has 0 fully saturated rings. The molecule has 2 aromatic carbocycles. The number of benzene rings is 2. The van der Waals surface area contributed by atoms with Gasteiger partial charge in [0.15, 0.2) is 0 Å². The van der Waals surface area contributed by atoms with Gasteiger partial charge in [-0.2, -0.15) is 0 Å². The van der Waals surface area contributed by atoms with Gasteiger partial charge >= 0.3 is 0 Å². The van der Waals surface area contributed by atoms with E-state index in [1.165, 1.54) is 11.1 Å². The molecule has 0 aliphatic heterocycles. The highest BCUT2D eigenvalue weighted by Gasteiger charge is 2.10. The van der Waals surface area contributed by atoms with E-state index in [2.05, 4.69) is 56.1 Å². The van der Waals surface area contributed by atoms with Crippen LogP contribution in [0.1, 0.15) is 11.1 Å². The highest BCUT2D eigenvalue weighted by molar-refractivity contribution is 9.10. The van der Waals surface area contributed by atoms with Crippen LogP contribution in [-0.2, 0) is 12.8 Å². The highest BCUT2D eigenvalue weighted by atomic mass is 79.9. The van der Waals surface area contributed by atoms with Crippen LogP contribution < -0.4 is 0 Å². The van der Waals surface area contributed by atoms with E-state index in [0.717, 1.165) is 22.6 Å². The molecular weight excluding hydrogens is 368 g/mol. The zero-order chi connectivity index (χ0) is 13.7. The first-order valence-electron chi connectivity index (χ1n) is 6.25. The molecular formula is C16H16Br2O. The van der Waals surface area contributed by atoms with Gasteiger partial charge in [-0.05, 0) is 54.2 Å². The molecule has 2 rings (SSSR count). The number of aromatic hydroxyl groups is 1. The van der Waals surface area contributed by atoms with Crippen molar-refractivity contribution in [3.05, 3.63) is 64.1 Å². The molecule has 0 spiro atoms. The number of halogens is 2. The number of alkyl halides is 1. The Hall–Kier alpha value is -0.800.